The first kappa shape index (κ1) is 14.1. The van der Waals surface area contributed by atoms with E-state index in [0.717, 1.165) is 23.5 Å². The van der Waals surface area contributed by atoms with E-state index in [0.29, 0.717) is 12.2 Å². The Morgan fingerprint density at radius 3 is 2.09 bits per heavy atom. The Labute approximate surface area is 132 Å². The second kappa shape index (κ2) is 5.29. The van der Waals surface area contributed by atoms with Gasteiger partial charge >= 0.3 is 5.97 Å². The lowest BCUT2D eigenvalue weighted by Crippen LogP contribution is -2.48. The van der Waals surface area contributed by atoms with Crippen LogP contribution in [-0.4, -0.2) is 19.7 Å². The molecule has 4 bridgehead atoms. The highest BCUT2D eigenvalue weighted by Gasteiger charge is 2.51. The maximum atomic E-state index is 12.3. The minimum atomic E-state index is -0.196. The van der Waals surface area contributed by atoms with Crippen molar-refractivity contribution in [2.24, 2.45) is 23.2 Å². The molecule has 4 saturated carbocycles. The topological polar surface area (TPSA) is 35.5 Å². The fourth-order valence-corrected chi connectivity index (χ4v) is 5.50. The summed E-state index contributed by atoms with van der Waals surface area (Å²) in [5.74, 6) is 3.25. The smallest absolute Gasteiger partial charge is 0.338 e. The predicted molar refractivity (Wildman–Crippen MR) is 83.9 cm³/mol. The molecule has 0 heterocycles. The van der Waals surface area contributed by atoms with Crippen LogP contribution in [0.2, 0.25) is 0 Å². The standard InChI is InChI=1S/C19H24O3/c1-21-17-4-2-16(3-5-17)18(20)22-12-19-9-13-6-14(10-19)8-15(7-13)11-19/h2-5,13-15H,6-12H2,1H3. The van der Waals surface area contributed by atoms with E-state index >= 15 is 0 Å². The first-order chi connectivity index (χ1) is 10.7. The van der Waals surface area contributed by atoms with E-state index in [1.165, 1.54) is 38.5 Å². The molecule has 0 unspecified atom stereocenters. The Bertz CT molecular complexity index is 525. The predicted octanol–water partition coefficient (Wildman–Crippen LogP) is 4.07. The normalized spacial score (nSPS) is 35.4. The molecule has 3 nitrogen and oxygen atoms in total. The van der Waals surface area contributed by atoms with Crippen molar-refractivity contribution in [3.8, 4) is 5.75 Å². The Kier molecular flexibility index (Phi) is 3.39. The molecule has 1 aromatic carbocycles. The number of hydrogen-bond donors (Lipinski definition) is 0. The molecule has 0 spiro atoms. The molecule has 22 heavy (non-hydrogen) atoms. The summed E-state index contributed by atoms with van der Waals surface area (Å²) in [6, 6.07) is 7.17. The van der Waals surface area contributed by atoms with Gasteiger partial charge < -0.3 is 9.47 Å². The third kappa shape index (κ3) is 2.51. The fourth-order valence-electron chi connectivity index (χ4n) is 5.50. The molecular weight excluding hydrogens is 276 g/mol. The number of hydrogen-bond acceptors (Lipinski definition) is 3. The zero-order valence-electron chi connectivity index (χ0n) is 13.2. The Morgan fingerprint density at radius 1 is 1.05 bits per heavy atom. The van der Waals surface area contributed by atoms with Crippen LogP contribution in [0.5, 0.6) is 5.75 Å². The summed E-state index contributed by atoms with van der Waals surface area (Å²) in [7, 11) is 1.63. The van der Waals surface area contributed by atoms with Gasteiger partial charge in [-0.3, -0.25) is 0 Å². The van der Waals surface area contributed by atoms with Gasteiger partial charge in [-0.1, -0.05) is 0 Å². The lowest BCUT2D eigenvalue weighted by atomic mass is 9.50. The van der Waals surface area contributed by atoms with Crippen molar-refractivity contribution in [3.63, 3.8) is 0 Å². The van der Waals surface area contributed by atoms with E-state index in [-0.39, 0.29) is 11.4 Å². The Hall–Kier alpha value is -1.51. The van der Waals surface area contributed by atoms with Crippen LogP contribution >= 0.6 is 0 Å². The van der Waals surface area contributed by atoms with E-state index in [1.807, 2.05) is 0 Å². The van der Waals surface area contributed by atoms with Crippen LogP contribution < -0.4 is 4.74 Å². The van der Waals surface area contributed by atoms with Crippen molar-refractivity contribution >= 4 is 5.97 Å². The molecule has 0 amide bonds. The molecule has 5 rings (SSSR count). The molecular formula is C19H24O3. The fraction of sp³-hybridized carbons (Fsp3) is 0.632. The zero-order chi connectivity index (χ0) is 15.2. The number of benzene rings is 1. The van der Waals surface area contributed by atoms with Crippen molar-refractivity contribution in [1.29, 1.82) is 0 Å². The largest absolute Gasteiger partial charge is 0.497 e. The maximum Gasteiger partial charge on any atom is 0.338 e. The van der Waals surface area contributed by atoms with Gasteiger partial charge in [0.2, 0.25) is 0 Å². The van der Waals surface area contributed by atoms with Gasteiger partial charge in [0.1, 0.15) is 5.75 Å². The highest BCUT2D eigenvalue weighted by atomic mass is 16.5. The highest BCUT2D eigenvalue weighted by Crippen LogP contribution is 2.60. The van der Waals surface area contributed by atoms with Crippen LogP contribution in [0.25, 0.3) is 0 Å². The summed E-state index contributed by atoms with van der Waals surface area (Å²) in [5, 5.41) is 0. The summed E-state index contributed by atoms with van der Waals surface area (Å²) < 4.78 is 10.8. The number of carbonyl (C=O) groups is 1. The first-order valence-electron chi connectivity index (χ1n) is 8.47. The zero-order valence-corrected chi connectivity index (χ0v) is 13.2. The van der Waals surface area contributed by atoms with Gasteiger partial charge in [-0.05, 0) is 80.5 Å². The number of rotatable bonds is 4. The minimum Gasteiger partial charge on any atom is -0.497 e. The Balaban J connectivity index is 1.40. The Morgan fingerprint density at radius 2 is 1.59 bits per heavy atom. The molecule has 4 aliphatic rings. The quantitative estimate of drug-likeness (QED) is 0.786. The number of carbonyl (C=O) groups excluding carboxylic acids is 1. The lowest BCUT2D eigenvalue weighted by molar-refractivity contribution is -0.0848. The molecule has 4 fully saturated rings. The monoisotopic (exact) mass is 300 g/mol. The molecule has 118 valence electrons. The molecule has 0 radical (unpaired) electrons. The van der Waals surface area contributed by atoms with Crippen LogP contribution in [0, 0.1) is 23.2 Å². The van der Waals surface area contributed by atoms with Gasteiger partial charge in [-0.15, -0.1) is 0 Å². The highest BCUT2D eigenvalue weighted by molar-refractivity contribution is 5.89. The molecule has 0 aromatic heterocycles. The average molecular weight is 300 g/mol. The van der Waals surface area contributed by atoms with Crippen molar-refractivity contribution < 1.29 is 14.3 Å². The SMILES string of the molecule is COc1ccc(C(=O)OCC23CC4CC(CC(C4)C2)C3)cc1. The van der Waals surface area contributed by atoms with Crippen LogP contribution in [0.1, 0.15) is 48.9 Å². The van der Waals surface area contributed by atoms with Gasteiger partial charge in [0, 0.05) is 5.41 Å². The number of methoxy groups -OCH3 is 1. The van der Waals surface area contributed by atoms with Crippen molar-refractivity contribution in [3.05, 3.63) is 29.8 Å². The van der Waals surface area contributed by atoms with E-state index in [4.69, 9.17) is 9.47 Å². The number of esters is 1. The van der Waals surface area contributed by atoms with Crippen molar-refractivity contribution in [2.75, 3.05) is 13.7 Å². The van der Waals surface area contributed by atoms with Crippen molar-refractivity contribution in [2.45, 2.75) is 38.5 Å². The number of ether oxygens (including phenoxy) is 2. The molecule has 0 saturated heterocycles. The first-order valence-corrected chi connectivity index (χ1v) is 8.47. The minimum absolute atomic E-state index is 0.196. The molecule has 0 aliphatic heterocycles. The molecule has 1 aromatic rings. The van der Waals surface area contributed by atoms with Crippen LogP contribution in [0.3, 0.4) is 0 Å². The van der Waals surface area contributed by atoms with E-state index < -0.39 is 0 Å². The lowest BCUT2D eigenvalue weighted by Gasteiger charge is -2.56. The summed E-state index contributed by atoms with van der Waals surface area (Å²) in [4.78, 5) is 12.3. The van der Waals surface area contributed by atoms with Crippen molar-refractivity contribution in [1.82, 2.24) is 0 Å². The molecule has 4 aliphatic carbocycles. The third-order valence-electron chi connectivity index (χ3n) is 6.00. The summed E-state index contributed by atoms with van der Waals surface area (Å²) in [6.45, 7) is 0.612. The summed E-state index contributed by atoms with van der Waals surface area (Å²) in [5.41, 5.74) is 0.905. The van der Waals surface area contributed by atoms with Gasteiger partial charge in [-0.25, -0.2) is 4.79 Å². The summed E-state index contributed by atoms with van der Waals surface area (Å²) in [6.07, 6.45) is 8.09. The van der Waals surface area contributed by atoms with Crippen LogP contribution in [0.15, 0.2) is 24.3 Å². The van der Waals surface area contributed by atoms with Gasteiger partial charge in [0.15, 0.2) is 0 Å². The van der Waals surface area contributed by atoms with Gasteiger partial charge in [-0.2, -0.15) is 0 Å². The van der Waals surface area contributed by atoms with E-state index in [1.54, 1.807) is 31.4 Å². The van der Waals surface area contributed by atoms with Crippen LogP contribution in [0.4, 0.5) is 0 Å². The summed E-state index contributed by atoms with van der Waals surface area (Å²) >= 11 is 0. The maximum absolute atomic E-state index is 12.3. The second-order valence-electron chi connectivity index (χ2n) is 7.72. The molecule has 3 heteroatoms. The van der Waals surface area contributed by atoms with E-state index in [9.17, 15) is 4.79 Å². The second-order valence-corrected chi connectivity index (χ2v) is 7.72. The third-order valence-corrected chi connectivity index (χ3v) is 6.00. The van der Waals surface area contributed by atoms with Crippen LogP contribution in [-0.2, 0) is 4.74 Å². The molecule has 0 atom stereocenters. The van der Waals surface area contributed by atoms with Gasteiger partial charge in [0.25, 0.3) is 0 Å². The molecule has 0 N–H and O–H groups in total. The average Bonchev–Trinajstić information content (AvgIpc) is 2.51. The van der Waals surface area contributed by atoms with E-state index in [2.05, 4.69) is 0 Å². The van der Waals surface area contributed by atoms with Gasteiger partial charge in [0.05, 0.1) is 19.3 Å².